The molecule has 3 heterocycles. The zero-order chi connectivity index (χ0) is 21.4. The van der Waals surface area contributed by atoms with Crippen LogP contribution >= 0.6 is 0 Å². The van der Waals surface area contributed by atoms with Gasteiger partial charge in [0, 0.05) is 31.3 Å². The highest BCUT2D eigenvalue weighted by Crippen LogP contribution is 2.44. The fraction of sp³-hybridized carbons (Fsp3) is 0.273. The Morgan fingerprint density at radius 2 is 1.77 bits per heavy atom. The van der Waals surface area contributed by atoms with Gasteiger partial charge < -0.3 is 14.5 Å². The summed E-state index contributed by atoms with van der Waals surface area (Å²) in [7, 11) is 1.71. The molecule has 1 fully saturated rings. The summed E-state index contributed by atoms with van der Waals surface area (Å²) in [5.74, 6) is 0.0774. The maximum Gasteiger partial charge on any atom is 0.282 e. The number of carbonyl (C=O) groups excluding carboxylic acids is 2. The molecular weight excluding hydrogens is 396 g/mol. The van der Waals surface area contributed by atoms with Gasteiger partial charge in [-0.2, -0.15) is 0 Å². The molecule has 0 bridgehead atoms. The van der Waals surface area contributed by atoms with Gasteiger partial charge in [-0.1, -0.05) is 36.4 Å². The minimum Gasteiger partial charge on any atom is -0.378 e. The number of benzene rings is 2. The second-order valence-electron chi connectivity index (χ2n) is 7.49. The number of fused-ring (bicyclic) bond motifs is 2. The van der Waals surface area contributed by atoms with Gasteiger partial charge in [0.15, 0.2) is 0 Å². The molecule has 0 aliphatic carbocycles. The number of carbonyl (C=O) groups is 2. The van der Waals surface area contributed by atoms with Crippen molar-refractivity contribution in [3.63, 3.8) is 0 Å². The smallest absolute Gasteiger partial charge is 0.282 e. The van der Waals surface area contributed by atoms with Crippen LogP contribution in [-0.2, 0) is 15.2 Å². The molecule has 1 atom stereocenters. The van der Waals surface area contributed by atoms with E-state index in [1.54, 1.807) is 36.2 Å². The molecule has 1 spiro atoms. The standard InChI is InChI=1S/C22H22N6O3/c1-27-17-10-6-5-9-16(17)22(19(27)30)25-20(23-18(29)15-7-3-2-4-8-15)24-21(26-22)28-11-13-31-14-12-28/h2-10H,11-14H2,1H3,(H2,23,24,25,26,29)/t22-/m0/s1. The number of anilines is 1. The van der Waals surface area contributed by atoms with Crippen molar-refractivity contribution in [2.24, 2.45) is 9.98 Å². The van der Waals surface area contributed by atoms with Crippen molar-refractivity contribution >= 4 is 29.4 Å². The normalized spacial score (nSPS) is 22.5. The van der Waals surface area contributed by atoms with E-state index in [2.05, 4.69) is 15.6 Å². The molecule has 0 radical (unpaired) electrons. The van der Waals surface area contributed by atoms with E-state index < -0.39 is 5.66 Å². The zero-order valence-corrected chi connectivity index (χ0v) is 17.0. The Hall–Kier alpha value is -3.72. The number of hydrogen-bond donors (Lipinski definition) is 2. The van der Waals surface area contributed by atoms with Crippen molar-refractivity contribution in [2.45, 2.75) is 5.66 Å². The second-order valence-corrected chi connectivity index (χ2v) is 7.49. The maximum atomic E-state index is 13.4. The Morgan fingerprint density at radius 3 is 2.55 bits per heavy atom. The molecule has 9 heteroatoms. The molecule has 3 aliphatic heterocycles. The lowest BCUT2D eigenvalue weighted by Gasteiger charge is -2.35. The molecule has 2 amide bonds. The fourth-order valence-electron chi connectivity index (χ4n) is 3.99. The van der Waals surface area contributed by atoms with Gasteiger partial charge >= 0.3 is 0 Å². The van der Waals surface area contributed by atoms with E-state index in [4.69, 9.17) is 9.73 Å². The maximum absolute atomic E-state index is 13.4. The molecule has 9 nitrogen and oxygen atoms in total. The van der Waals surface area contributed by atoms with E-state index in [1.807, 2.05) is 35.2 Å². The van der Waals surface area contributed by atoms with Gasteiger partial charge in [0.25, 0.3) is 17.5 Å². The molecule has 31 heavy (non-hydrogen) atoms. The van der Waals surface area contributed by atoms with Crippen LogP contribution in [0.2, 0.25) is 0 Å². The van der Waals surface area contributed by atoms with E-state index in [1.165, 1.54) is 0 Å². The molecule has 1 saturated heterocycles. The minimum atomic E-state index is -1.48. The minimum absolute atomic E-state index is 0.184. The first-order valence-corrected chi connectivity index (χ1v) is 10.1. The van der Waals surface area contributed by atoms with Gasteiger partial charge in [-0.25, -0.2) is 9.98 Å². The number of ether oxygens (including phenoxy) is 1. The number of guanidine groups is 2. The summed E-state index contributed by atoms with van der Waals surface area (Å²) in [5.41, 5.74) is 0.439. The average Bonchev–Trinajstić information content (AvgIpc) is 3.02. The van der Waals surface area contributed by atoms with Crippen LogP contribution in [0.5, 0.6) is 0 Å². The van der Waals surface area contributed by atoms with Gasteiger partial charge in [0.1, 0.15) is 0 Å². The summed E-state index contributed by atoms with van der Waals surface area (Å²) < 4.78 is 5.45. The number of amides is 2. The van der Waals surface area contributed by atoms with Crippen LogP contribution in [0.15, 0.2) is 64.6 Å². The van der Waals surface area contributed by atoms with Crippen LogP contribution in [0.25, 0.3) is 0 Å². The topological polar surface area (TPSA) is 98.6 Å². The molecule has 0 aromatic heterocycles. The van der Waals surface area contributed by atoms with Crippen molar-refractivity contribution < 1.29 is 14.3 Å². The van der Waals surface area contributed by atoms with E-state index in [9.17, 15) is 9.59 Å². The van der Waals surface area contributed by atoms with E-state index in [0.29, 0.717) is 43.4 Å². The molecule has 5 rings (SSSR count). The van der Waals surface area contributed by atoms with Crippen molar-refractivity contribution in [1.82, 2.24) is 15.5 Å². The summed E-state index contributed by atoms with van der Waals surface area (Å²) in [6, 6.07) is 16.3. The van der Waals surface area contributed by atoms with E-state index in [0.717, 1.165) is 5.69 Å². The molecule has 158 valence electrons. The van der Waals surface area contributed by atoms with Crippen molar-refractivity contribution in [3.05, 3.63) is 65.7 Å². The molecule has 2 N–H and O–H groups in total. The summed E-state index contributed by atoms with van der Waals surface area (Å²) in [6.07, 6.45) is 0. The summed E-state index contributed by atoms with van der Waals surface area (Å²) in [5, 5.41) is 5.92. The Balaban J connectivity index is 1.57. The first-order valence-electron chi connectivity index (χ1n) is 10.1. The van der Waals surface area contributed by atoms with Crippen molar-refractivity contribution in [3.8, 4) is 0 Å². The molecule has 3 aliphatic rings. The predicted octanol–water partition coefficient (Wildman–Crippen LogP) is 0.893. The van der Waals surface area contributed by atoms with Gasteiger partial charge in [-0.3, -0.25) is 20.2 Å². The molecule has 2 aromatic rings. The van der Waals surface area contributed by atoms with Gasteiger partial charge in [0.2, 0.25) is 11.9 Å². The Kier molecular flexibility index (Phi) is 4.67. The Bertz CT molecular complexity index is 1090. The Labute approximate surface area is 179 Å². The fourth-order valence-corrected chi connectivity index (χ4v) is 3.99. The third-order valence-electron chi connectivity index (χ3n) is 5.59. The van der Waals surface area contributed by atoms with Crippen LogP contribution in [0, 0.1) is 0 Å². The van der Waals surface area contributed by atoms with Crippen LogP contribution in [0.1, 0.15) is 15.9 Å². The van der Waals surface area contributed by atoms with Crippen LogP contribution in [-0.4, -0.2) is 62.0 Å². The summed E-state index contributed by atoms with van der Waals surface area (Å²) in [6.45, 7) is 2.35. The molecule has 2 aromatic carbocycles. The van der Waals surface area contributed by atoms with Crippen LogP contribution in [0.3, 0.4) is 0 Å². The monoisotopic (exact) mass is 418 g/mol. The second kappa shape index (κ2) is 7.51. The first kappa shape index (κ1) is 19.3. The SMILES string of the molecule is CN1C(=O)[C@]2(N=C(NC(=O)c3ccccc3)NC(N3CCOCC3)=N2)c2ccccc21. The lowest BCUT2D eigenvalue weighted by atomic mass is 10.0. The highest BCUT2D eigenvalue weighted by molar-refractivity contribution is 6.15. The van der Waals surface area contributed by atoms with Crippen molar-refractivity contribution in [2.75, 3.05) is 38.3 Å². The van der Waals surface area contributed by atoms with Gasteiger partial charge in [-0.15, -0.1) is 0 Å². The van der Waals surface area contributed by atoms with Gasteiger partial charge in [-0.05, 0) is 18.2 Å². The number of likely N-dealkylation sites (N-methyl/N-ethyl adjacent to an activating group) is 1. The first-order chi connectivity index (χ1) is 15.1. The molecule has 0 unspecified atom stereocenters. The third kappa shape index (κ3) is 3.23. The number of hydrogen-bond acceptors (Lipinski definition) is 7. The number of para-hydroxylation sites is 1. The van der Waals surface area contributed by atoms with E-state index in [-0.39, 0.29) is 17.8 Å². The van der Waals surface area contributed by atoms with Gasteiger partial charge in [0.05, 0.1) is 18.9 Å². The number of aliphatic imine (C=N–C) groups is 2. The molecular formula is C22H22N6O3. The van der Waals surface area contributed by atoms with Crippen LogP contribution < -0.4 is 15.5 Å². The number of nitrogens with zero attached hydrogens (tertiary/aromatic N) is 4. The third-order valence-corrected chi connectivity index (χ3v) is 5.59. The summed E-state index contributed by atoms with van der Waals surface area (Å²) >= 11 is 0. The Morgan fingerprint density at radius 1 is 1.06 bits per heavy atom. The highest BCUT2D eigenvalue weighted by atomic mass is 16.5. The highest BCUT2D eigenvalue weighted by Gasteiger charge is 2.52. The number of rotatable bonds is 1. The lowest BCUT2D eigenvalue weighted by Crippen LogP contribution is -2.57. The lowest BCUT2D eigenvalue weighted by molar-refractivity contribution is -0.122. The molecule has 0 saturated carbocycles. The predicted molar refractivity (Wildman–Crippen MR) is 116 cm³/mol. The number of morpholine rings is 1. The zero-order valence-electron chi connectivity index (χ0n) is 17.0. The van der Waals surface area contributed by atoms with E-state index >= 15 is 0 Å². The average molecular weight is 418 g/mol. The quantitative estimate of drug-likeness (QED) is 0.717. The largest absolute Gasteiger partial charge is 0.378 e. The van der Waals surface area contributed by atoms with Crippen LogP contribution in [0.4, 0.5) is 5.69 Å². The summed E-state index contributed by atoms with van der Waals surface area (Å²) in [4.78, 5) is 39.2. The number of nitrogens with one attached hydrogen (secondary N) is 2. The van der Waals surface area contributed by atoms with Crippen molar-refractivity contribution in [1.29, 1.82) is 0 Å².